The van der Waals surface area contributed by atoms with E-state index in [2.05, 4.69) is 4.98 Å². The van der Waals surface area contributed by atoms with Crippen molar-refractivity contribution in [3.8, 4) is 0 Å². The van der Waals surface area contributed by atoms with Gasteiger partial charge in [-0.1, -0.05) is 0 Å². The van der Waals surface area contributed by atoms with Gasteiger partial charge in [0.2, 0.25) is 0 Å². The maximum Gasteiger partial charge on any atom is 0.141 e. The number of hydrogen-bond donors (Lipinski definition) is 0. The number of furan rings is 1. The van der Waals surface area contributed by atoms with Crippen molar-refractivity contribution in [2.75, 3.05) is 11.9 Å². The number of alkyl halides is 1. The molecule has 0 aliphatic carbocycles. The van der Waals surface area contributed by atoms with E-state index in [-0.39, 0.29) is 11.7 Å². The first kappa shape index (κ1) is 12.9. The van der Waals surface area contributed by atoms with Gasteiger partial charge in [-0.2, -0.15) is 0 Å². The highest BCUT2D eigenvalue weighted by atomic mass is 35.5. The summed E-state index contributed by atoms with van der Waals surface area (Å²) < 4.78 is 18.3. The Labute approximate surface area is 110 Å². The van der Waals surface area contributed by atoms with Crippen LogP contribution in [0.1, 0.15) is 16.9 Å². The molecule has 5 heteroatoms. The average molecular weight is 269 g/mol. The second-order valence-corrected chi connectivity index (χ2v) is 4.40. The van der Waals surface area contributed by atoms with Crippen LogP contribution in [-0.4, -0.2) is 12.0 Å². The molecule has 0 spiro atoms. The Morgan fingerprint density at radius 1 is 1.44 bits per heavy atom. The molecular formula is C13H14ClFN2O. The monoisotopic (exact) mass is 268 g/mol. The van der Waals surface area contributed by atoms with E-state index in [9.17, 15) is 4.39 Å². The SMILES string of the molecule is Cc1occc1CN(C)c1ncc(F)cc1CCl. The van der Waals surface area contributed by atoms with Gasteiger partial charge in [0, 0.05) is 24.7 Å². The molecule has 0 fully saturated rings. The van der Waals surface area contributed by atoms with Crippen LogP contribution in [0.25, 0.3) is 0 Å². The zero-order valence-electron chi connectivity index (χ0n) is 10.3. The second kappa shape index (κ2) is 5.40. The molecule has 0 aliphatic heterocycles. The van der Waals surface area contributed by atoms with Crippen LogP contribution < -0.4 is 4.90 Å². The molecule has 2 heterocycles. The quantitative estimate of drug-likeness (QED) is 0.795. The Morgan fingerprint density at radius 2 is 2.22 bits per heavy atom. The first-order valence-electron chi connectivity index (χ1n) is 5.56. The Hall–Kier alpha value is -1.55. The second-order valence-electron chi connectivity index (χ2n) is 4.13. The highest BCUT2D eigenvalue weighted by Crippen LogP contribution is 2.22. The lowest BCUT2D eigenvalue weighted by Gasteiger charge is -2.20. The lowest BCUT2D eigenvalue weighted by molar-refractivity contribution is 0.529. The summed E-state index contributed by atoms with van der Waals surface area (Å²) in [5.74, 6) is 1.42. The minimum absolute atomic E-state index is 0.231. The minimum atomic E-state index is -0.373. The van der Waals surface area contributed by atoms with Crippen molar-refractivity contribution < 1.29 is 8.81 Å². The fourth-order valence-corrected chi connectivity index (χ4v) is 2.02. The summed E-state index contributed by atoms with van der Waals surface area (Å²) in [4.78, 5) is 6.02. The van der Waals surface area contributed by atoms with E-state index in [1.807, 2.05) is 24.9 Å². The third-order valence-electron chi connectivity index (χ3n) is 2.79. The number of rotatable bonds is 4. The third-order valence-corrected chi connectivity index (χ3v) is 3.08. The molecule has 3 nitrogen and oxygen atoms in total. The average Bonchev–Trinajstić information content (AvgIpc) is 2.74. The van der Waals surface area contributed by atoms with Gasteiger partial charge in [0.15, 0.2) is 0 Å². The summed E-state index contributed by atoms with van der Waals surface area (Å²) in [5, 5.41) is 0. The van der Waals surface area contributed by atoms with Crippen molar-refractivity contribution in [3.05, 3.63) is 47.3 Å². The highest BCUT2D eigenvalue weighted by Gasteiger charge is 2.12. The van der Waals surface area contributed by atoms with Crippen LogP contribution in [0.5, 0.6) is 0 Å². The minimum Gasteiger partial charge on any atom is -0.469 e. The molecule has 0 N–H and O–H groups in total. The smallest absolute Gasteiger partial charge is 0.141 e. The van der Waals surface area contributed by atoms with Gasteiger partial charge in [-0.25, -0.2) is 9.37 Å². The van der Waals surface area contributed by atoms with E-state index in [0.717, 1.165) is 11.3 Å². The Balaban J connectivity index is 2.23. The molecule has 0 unspecified atom stereocenters. The van der Waals surface area contributed by atoms with Crippen LogP contribution in [0, 0.1) is 12.7 Å². The van der Waals surface area contributed by atoms with Crippen molar-refractivity contribution >= 4 is 17.4 Å². The molecule has 0 aromatic carbocycles. The van der Waals surface area contributed by atoms with Crippen LogP contribution in [0.15, 0.2) is 29.0 Å². The fourth-order valence-electron chi connectivity index (χ4n) is 1.82. The molecule has 0 bridgehead atoms. The van der Waals surface area contributed by atoms with Crippen molar-refractivity contribution in [2.24, 2.45) is 0 Å². The highest BCUT2D eigenvalue weighted by molar-refractivity contribution is 6.17. The van der Waals surface area contributed by atoms with Gasteiger partial charge in [0.05, 0.1) is 18.3 Å². The molecule has 2 aromatic heterocycles. The maximum atomic E-state index is 13.1. The molecule has 0 radical (unpaired) electrons. The van der Waals surface area contributed by atoms with Crippen molar-refractivity contribution in [3.63, 3.8) is 0 Å². The van der Waals surface area contributed by atoms with Gasteiger partial charge in [-0.15, -0.1) is 11.6 Å². The number of aryl methyl sites for hydroxylation is 1. The summed E-state index contributed by atoms with van der Waals surface area (Å²) in [6, 6.07) is 3.32. The van der Waals surface area contributed by atoms with E-state index in [0.29, 0.717) is 17.9 Å². The summed E-state index contributed by atoms with van der Waals surface area (Å²) in [7, 11) is 1.89. The standard InChI is InChI=1S/C13H14ClFN2O/c1-9-10(3-4-18-9)8-17(2)13-11(6-14)5-12(15)7-16-13/h3-5,7H,6,8H2,1-2H3. The molecule has 2 rings (SSSR count). The van der Waals surface area contributed by atoms with Crippen molar-refractivity contribution in [2.45, 2.75) is 19.3 Å². The molecule has 0 saturated heterocycles. The number of aromatic nitrogens is 1. The number of hydrogen-bond acceptors (Lipinski definition) is 3. The van der Waals surface area contributed by atoms with Gasteiger partial charge < -0.3 is 9.32 Å². The van der Waals surface area contributed by atoms with Gasteiger partial charge in [-0.05, 0) is 19.1 Å². The Kier molecular flexibility index (Phi) is 3.87. The zero-order valence-corrected chi connectivity index (χ0v) is 11.0. The maximum absolute atomic E-state index is 13.1. The van der Waals surface area contributed by atoms with Crippen LogP contribution in [-0.2, 0) is 12.4 Å². The van der Waals surface area contributed by atoms with Crippen LogP contribution in [0.2, 0.25) is 0 Å². The van der Waals surface area contributed by atoms with Gasteiger partial charge in [0.25, 0.3) is 0 Å². The number of halogens is 2. The summed E-state index contributed by atoms with van der Waals surface area (Å²) in [6.45, 7) is 2.55. The zero-order chi connectivity index (χ0) is 13.1. The van der Waals surface area contributed by atoms with Crippen LogP contribution in [0.4, 0.5) is 10.2 Å². The largest absolute Gasteiger partial charge is 0.469 e. The van der Waals surface area contributed by atoms with Gasteiger partial charge >= 0.3 is 0 Å². The molecular weight excluding hydrogens is 255 g/mol. The summed E-state index contributed by atoms with van der Waals surface area (Å²) in [6.07, 6.45) is 2.85. The van der Waals surface area contributed by atoms with E-state index < -0.39 is 0 Å². The number of pyridine rings is 1. The van der Waals surface area contributed by atoms with Crippen molar-refractivity contribution in [1.82, 2.24) is 4.98 Å². The molecule has 0 aliphatic rings. The van der Waals surface area contributed by atoms with E-state index >= 15 is 0 Å². The molecule has 2 aromatic rings. The predicted molar refractivity (Wildman–Crippen MR) is 69.3 cm³/mol. The number of nitrogens with zero attached hydrogens (tertiary/aromatic N) is 2. The molecule has 0 saturated carbocycles. The van der Waals surface area contributed by atoms with E-state index in [1.165, 1.54) is 12.3 Å². The summed E-state index contributed by atoms with van der Waals surface area (Å²) in [5.41, 5.74) is 1.75. The molecule has 18 heavy (non-hydrogen) atoms. The van der Waals surface area contributed by atoms with E-state index in [1.54, 1.807) is 6.26 Å². The topological polar surface area (TPSA) is 29.3 Å². The van der Waals surface area contributed by atoms with E-state index in [4.69, 9.17) is 16.0 Å². The number of anilines is 1. The predicted octanol–water partition coefficient (Wildman–Crippen LogP) is 3.50. The molecule has 0 atom stereocenters. The third kappa shape index (κ3) is 2.64. The molecule has 0 amide bonds. The van der Waals surface area contributed by atoms with Crippen LogP contribution >= 0.6 is 11.6 Å². The lowest BCUT2D eigenvalue weighted by atomic mass is 10.2. The lowest BCUT2D eigenvalue weighted by Crippen LogP contribution is -2.19. The molecule has 96 valence electrons. The van der Waals surface area contributed by atoms with Crippen LogP contribution in [0.3, 0.4) is 0 Å². The van der Waals surface area contributed by atoms with Gasteiger partial charge in [0.1, 0.15) is 17.4 Å². The van der Waals surface area contributed by atoms with Crippen molar-refractivity contribution in [1.29, 1.82) is 0 Å². The Bertz CT molecular complexity index is 542. The summed E-state index contributed by atoms with van der Waals surface area (Å²) >= 11 is 5.81. The fraction of sp³-hybridized carbons (Fsp3) is 0.308. The first-order valence-corrected chi connectivity index (χ1v) is 6.09. The van der Waals surface area contributed by atoms with Gasteiger partial charge in [-0.3, -0.25) is 0 Å². The normalized spacial score (nSPS) is 10.7. The Morgan fingerprint density at radius 3 is 2.83 bits per heavy atom. The first-order chi connectivity index (χ1) is 8.61.